The Morgan fingerprint density at radius 3 is 2.76 bits per heavy atom. The Balaban J connectivity index is 1.72. The van der Waals surface area contributed by atoms with Gasteiger partial charge in [0.25, 0.3) is 0 Å². The molecule has 2 atom stereocenters. The van der Waals surface area contributed by atoms with Gasteiger partial charge < -0.3 is 15.0 Å². The fourth-order valence-corrected chi connectivity index (χ4v) is 3.22. The van der Waals surface area contributed by atoms with Gasteiger partial charge in [0, 0.05) is 23.5 Å². The number of hydrogen-bond donors (Lipinski definition) is 1. The van der Waals surface area contributed by atoms with Crippen LogP contribution in [0.4, 0.5) is 21.0 Å². The summed E-state index contributed by atoms with van der Waals surface area (Å²) in [6.45, 7) is 7.41. The van der Waals surface area contributed by atoms with Gasteiger partial charge in [-0.05, 0) is 43.9 Å². The van der Waals surface area contributed by atoms with Crippen molar-refractivity contribution >= 4 is 23.5 Å². The lowest BCUT2D eigenvalue weighted by Gasteiger charge is -2.33. The summed E-state index contributed by atoms with van der Waals surface area (Å²) < 4.78 is 4.98. The highest BCUT2D eigenvalue weighted by atomic mass is 16.6. The van der Waals surface area contributed by atoms with Gasteiger partial charge in [0.15, 0.2) is 0 Å². The van der Waals surface area contributed by atoms with E-state index >= 15 is 0 Å². The number of carbonyl (C=O) groups is 2. The molecule has 3 rings (SSSR count). The van der Waals surface area contributed by atoms with Crippen LogP contribution in [0.2, 0.25) is 0 Å². The molecule has 136 valence electrons. The molecule has 0 aromatic heterocycles. The predicted molar refractivity (Wildman–Crippen MR) is 97.9 cm³/mol. The molecule has 1 aliphatic heterocycles. The zero-order chi connectivity index (χ0) is 18.0. The Morgan fingerprint density at radius 1 is 1.40 bits per heavy atom. The van der Waals surface area contributed by atoms with Crippen molar-refractivity contribution in [2.24, 2.45) is 5.92 Å². The molecule has 1 saturated heterocycles. The lowest BCUT2D eigenvalue weighted by Crippen LogP contribution is -2.45. The normalized spacial score (nSPS) is 19.3. The number of anilines is 2. The molecule has 2 unspecified atom stereocenters. The van der Waals surface area contributed by atoms with Crippen molar-refractivity contribution in [2.75, 3.05) is 23.4 Å². The average Bonchev–Trinajstić information content (AvgIpc) is 3.34. The molecule has 0 bridgehead atoms. The Labute approximate surface area is 149 Å². The Bertz CT molecular complexity index is 645. The van der Waals surface area contributed by atoms with E-state index in [1.807, 2.05) is 29.2 Å². The van der Waals surface area contributed by atoms with Crippen molar-refractivity contribution in [3.63, 3.8) is 0 Å². The van der Waals surface area contributed by atoms with E-state index in [0.717, 1.165) is 24.9 Å². The summed E-state index contributed by atoms with van der Waals surface area (Å²) in [7, 11) is 0. The minimum absolute atomic E-state index is 0.0588. The fraction of sp³-hybridized carbons (Fsp3) is 0.579. The molecule has 0 spiro atoms. The van der Waals surface area contributed by atoms with E-state index in [4.69, 9.17) is 4.74 Å². The predicted octanol–water partition coefficient (Wildman–Crippen LogP) is 4.07. The summed E-state index contributed by atoms with van der Waals surface area (Å²) in [6, 6.07) is 7.86. The van der Waals surface area contributed by atoms with Crippen molar-refractivity contribution in [1.82, 2.24) is 4.90 Å². The van der Waals surface area contributed by atoms with Gasteiger partial charge in [0.2, 0.25) is 0 Å². The van der Waals surface area contributed by atoms with Gasteiger partial charge in [-0.25, -0.2) is 9.59 Å². The van der Waals surface area contributed by atoms with Crippen LogP contribution in [-0.4, -0.2) is 42.3 Å². The van der Waals surface area contributed by atoms with Crippen molar-refractivity contribution in [3.05, 3.63) is 24.3 Å². The maximum atomic E-state index is 12.9. The number of nitrogens with zero attached hydrogens (tertiary/aromatic N) is 2. The molecule has 2 fully saturated rings. The zero-order valence-electron chi connectivity index (χ0n) is 15.2. The summed E-state index contributed by atoms with van der Waals surface area (Å²) in [5.74, 6) is 0.456. The molecule has 1 heterocycles. The number of urea groups is 1. The van der Waals surface area contributed by atoms with Gasteiger partial charge in [0.05, 0.1) is 6.54 Å². The number of cyclic esters (lactones) is 1. The van der Waals surface area contributed by atoms with E-state index < -0.39 is 0 Å². The van der Waals surface area contributed by atoms with E-state index in [0.29, 0.717) is 30.8 Å². The highest BCUT2D eigenvalue weighted by Gasteiger charge is 2.37. The second-order valence-corrected chi connectivity index (χ2v) is 7.01. The lowest BCUT2D eigenvalue weighted by atomic mass is 9.99. The molecule has 1 saturated carbocycles. The van der Waals surface area contributed by atoms with E-state index in [9.17, 15) is 9.59 Å². The number of ether oxygens (including phenoxy) is 1. The first-order valence-electron chi connectivity index (χ1n) is 9.15. The smallest absolute Gasteiger partial charge is 0.414 e. The van der Waals surface area contributed by atoms with Crippen LogP contribution >= 0.6 is 0 Å². The highest BCUT2D eigenvalue weighted by molar-refractivity contribution is 5.93. The molecule has 2 aliphatic rings. The number of amides is 3. The minimum Gasteiger partial charge on any atom is -0.447 e. The number of carbonyl (C=O) groups excluding carboxylic acids is 2. The molecule has 25 heavy (non-hydrogen) atoms. The highest BCUT2D eigenvalue weighted by Crippen LogP contribution is 2.32. The maximum Gasteiger partial charge on any atom is 0.414 e. The minimum atomic E-state index is -0.339. The van der Waals surface area contributed by atoms with Gasteiger partial charge >= 0.3 is 12.1 Å². The van der Waals surface area contributed by atoms with Crippen LogP contribution in [0.3, 0.4) is 0 Å². The van der Waals surface area contributed by atoms with E-state index in [-0.39, 0.29) is 18.2 Å². The molecule has 1 aliphatic carbocycles. The summed E-state index contributed by atoms with van der Waals surface area (Å²) in [5, 5.41) is 3.01. The van der Waals surface area contributed by atoms with Crippen LogP contribution in [0.5, 0.6) is 0 Å². The summed E-state index contributed by atoms with van der Waals surface area (Å²) in [4.78, 5) is 28.2. The average molecular weight is 345 g/mol. The Hall–Kier alpha value is -2.24. The standard InChI is InChI=1S/C19H27N3O3/c1-4-13(2)14(3)22(16-8-9-16)18(23)20-15-6-5-7-17(12-15)21-10-11-25-19(21)24/h5-7,12-14,16H,4,8-11H2,1-3H3,(H,20,23). The second kappa shape index (κ2) is 7.33. The number of rotatable bonds is 6. The number of hydrogen-bond acceptors (Lipinski definition) is 3. The second-order valence-electron chi connectivity index (χ2n) is 7.01. The van der Waals surface area contributed by atoms with Crippen LogP contribution < -0.4 is 10.2 Å². The topological polar surface area (TPSA) is 61.9 Å². The van der Waals surface area contributed by atoms with Crippen molar-refractivity contribution in [1.29, 1.82) is 0 Å². The van der Waals surface area contributed by atoms with Gasteiger partial charge in [-0.1, -0.05) is 26.3 Å². The van der Waals surface area contributed by atoms with Gasteiger partial charge in [-0.15, -0.1) is 0 Å². The third-order valence-electron chi connectivity index (χ3n) is 5.25. The monoisotopic (exact) mass is 345 g/mol. The maximum absolute atomic E-state index is 12.9. The fourth-order valence-electron chi connectivity index (χ4n) is 3.22. The first-order valence-corrected chi connectivity index (χ1v) is 9.15. The SMILES string of the molecule is CCC(C)C(C)N(C(=O)Nc1cccc(N2CCOC2=O)c1)C1CC1. The molecule has 6 nitrogen and oxygen atoms in total. The van der Waals surface area contributed by atoms with E-state index in [2.05, 4.69) is 26.1 Å². The molecule has 1 aromatic carbocycles. The molecule has 1 aromatic rings. The number of nitrogens with one attached hydrogen (secondary N) is 1. The third kappa shape index (κ3) is 3.89. The molecule has 6 heteroatoms. The summed E-state index contributed by atoms with van der Waals surface area (Å²) in [6.07, 6.45) is 2.86. The molecule has 1 N–H and O–H groups in total. The molecular weight excluding hydrogens is 318 g/mol. The van der Waals surface area contributed by atoms with Crippen LogP contribution in [0.25, 0.3) is 0 Å². The van der Waals surface area contributed by atoms with Crippen molar-refractivity contribution in [3.8, 4) is 0 Å². The van der Waals surface area contributed by atoms with Crippen molar-refractivity contribution < 1.29 is 14.3 Å². The van der Waals surface area contributed by atoms with Crippen LogP contribution in [0.1, 0.15) is 40.0 Å². The quantitative estimate of drug-likeness (QED) is 0.845. The van der Waals surface area contributed by atoms with Gasteiger partial charge in [-0.2, -0.15) is 0 Å². The van der Waals surface area contributed by atoms with E-state index in [1.165, 1.54) is 0 Å². The van der Waals surface area contributed by atoms with Crippen LogP contribution in [0.15, 0.2) is 24.3 Å². The molecule has 3 amide bonds. The lowest BCUT2D eigenvalue weighted by molar-refractivity contribution is 0.164. The first kappa shape index (κ1) is 17.6. The summed E-state index contributed by atoms with van der Waals surface area (Å²) >= 11 is 0. The first-order chi connectivity index (χ1) is 12.0. The largest absolute Gasteiger partial charge is 0.447 e. The zero-order valence-corrected chi connectivity index (χ0v) is 15.2. The van der Waals surface area contributed by atoms with Gasteiger partial charge in [-0.3, -0.25) is 4.90 Å². The third-order valence-corrected chi connectivity index (χ3v) is 5.25. The summed E-state index contributed by atoms with van der Waals surface area (Å²) in [5.41, 5.74) is 1.44. The van der Waals surface area contributed by atoms with Crippen LogP contribution in [-0.2, 0) is 4.74 Å². The van der Waals surface area contributed by atoms with Gasteiger partial charge in [0.1, 0.15) is 6.61 Å². The Morgan fingerprint density at radius 2 is 2.16 bits per heavy atom. The van der Waals surface area contributed by atoms with Crippen LogP contribution in [0, 0.1) is 5.92 Å². The number of benzene rings is 1. The van der Waals surface area contributed by atoms with E-state index in [1.54, 1.807) is 4.90 Å². The molecule has 0 radical (unpaired) electrons. The van der Waals surface area contributed by atoms with Crippen molar-refractivity contribution in [2.45, 2.75) is 52.1 Å². The Kier molecular flexibility index (Phi) is 5.16. The molecular formula is C19H27N3O3.